The third-order valence-corrected chi connectivity index (χ3v) is 1.22. The summed E-state index contributed by atoms with van der Waals surface area (Å²) in [5.74, 6) is -1.12. The molecule has 6 nitrogen and oxygen atoms in total. The van der Waals surface area contributed by atoms with E-state index in [1.165, 1.54) is 41.5 Å². The van der Waals surface area contributed by atoms with E-state index in [0.29, 0.717) is 0 Å². The molecule has 0 spiro atoms. The molecule has 0 fully saturated rings. The molecule has 0 aliphatic rings. The number of ketones is 3. The Bertz CT molecular complexity index is 396. The zero-order chi connectivity index (χ0) is 17.6. The molecule has 29 heavy (non-hydrogen) atoms. The van der Waals surface area contributed by atoms with Crippen LogP contribution in [0.1, 0.15) is 41.5 Å². The summed E-state index contributed by atoms with van der Waals surface area (Å²) in [5, 5.41) is 29.9. The van der Waals surface area contributed by atoms with E-state index in [-0.39, 0.29) is 91.8 Å². The molecule has 0 aromatic heterocycles. The van der Waals surface area contributed by atoms with E-state index < -0.39 is 0 Å². The fraction of sp³-hybridized carbons (Fsp3) is 0.400. The van der Waals surface area contributed by atoms with Crippen molar-refractivity contribution in [3.63, 3.8) is 0 Å². The Morgan fingerprint density at radius 2 is 0.586 bits per heavy atom. The van der Waals surface area contributed by atoms with Crippen molar-refractivity contribution in [1.82, 2.24) is 0 Å². The van der Waals surface area contributed by atoms with Gasteiger partial charge in [-0.25, -0.2) is 0 Å². The number of carbonyl (C=O) groups excluding carboxylic acids is 3. The Kier molecular flexibility index (Phi) is 111. The summed E-state index contributed by atoms with van der Waals surface area (Å²) in [6.07, 6.45) is 3.17. The molecule has 14 heteroatoms. The molecule has 0 amide bonds. The molecular weight excluding hydrogens is 493 g/mol. The summed E-state index contributed by atoms with van der Waals surface area (Å²) in [4.78, 5) is 29.9. The van der Waals surface area contributed by atoms with Gasteiger partial charge in [0.1, 0.15) is 0 Å². The van der Waals surface area contributed by atoms with Crippen molar-refractivity contribution in [3.05, 3.63) is 35.5 Å². The Hall–Kier alpha value is -2.01. The summed E-state index contributed by atoms with van der Waals surface area (Å²) in [6, 6.07) is 0. The average molecular weight is 514 g/mol. The van der Waals surface area contributed by atoms with E-state index in [0.717, 1.165) is 18.2 Å². The van der Waals surface area contributed by atoms with E-state index in [2.05, 4.69) is 0 Å². The molecule has 0 bridgehead atoms. The van der Waals surface area contributed by atoms with Crippen molar-refractivity contribution in [3.8, 4) is 0 Å². The van der Waals surface area contributed by atoms with Gasteiger partial charge >= 0.3 is 28.9 Å². The van der Waals surface area contributed by atoms with Crippen molar-refractivity contribution in [2.45, 2.75) is 41.5 Å². The van der Waals surface area contributed by atoms with Crippen molar-refractivity contribution >= 4 is 46.3 Å². The van der Waals surface area contributed by atoms with Gasteiger partial charge in [-0.1, -0.05) is 20.8 Å². The molecule has 0 saturated heterocycles. The van der Waals surface area contributed by atoms with Crippen LogP contribution < -0.4 is 43.5 Å². The molecule has 0 saturated carbocycles. The van der Waals surface area contributed by atoms with E-state index in [4.69, 9.17) is 0 Å². The molecule has 0 unspecified atom stereocenters. The second-order valence-electron chi connectivity index (χ2n) is 4.10. The number of hydrogen-bond acceptors (Lipinski definition) is 6. The Balaban J connectivity index is -0.0000000164. The molecule has 0 aromatic rings. The second kappa shape index (κ2) is 45.0. The first-order valence-electron chi connectivity index (χ1n) is 5.96. The standard InChI is InChI=1S/3C5H8O2.As.6FH.Si/c3*1-4(6)3-5(2)7;;;;;;;;/h3*3,6H,1-2H3;;6*1H;/q;;;+5;;;;;;;+4/p-9/b3*4-3-;;;;;;;;. The van der Waals surface area contributed by atoms with Crippen LogP contribution in [0.2, 0.25) is 0 Å². The SMILES string of the molecule is CC(=O)/C=C(/C)[O-].CC(=O)/C=C(/C)[O-].CC(=O)/C=C(/C)[O-].[As+5].[F-].[F-].[F-].[F-].[F-].[F-].[Si+4]. The first-order valence-corrected chi connectivity index (χ1v) is 5.96. The van der Waals surface area contributed by atoms with Gasteiger partial charge in [0.05, 0.1) is 0 Å². The molecular formula is C15H21AsF6O6Si. The predicted molar refractivity (Wildman–Crippen MR) is 84.8 cm³/mol. The summed E-state index contributed by atoms with van der Waals surface area (Å²) in [6.45, 7) is 8.09. The normalized spacial score (nSPS) is 8.28. The van der Waals surface area contributed by atoms with Gasteiger partial charge < -0.3 is 43.5 Å². The maximum Gasteiger partial charge on any atom is 5.00 e. The van der Waals surface area contributed by atoms with Gasteiger partial charge in [-0.05, 0) is 39.0 Å². The molecule has 0 atom stereocenters. The number of allylic oxidation sites excluding steroid dienone is 6. The van der Waals surface area contributed by atoms with E-state index >= 15 is 0 Å². The zero-order valence-electron chi connectivity index (χ0n) is 16.4. The van der Waals surface area contributed by atoms with Crippen molar-refractivity contribution in [1.29, 1.82) is 0 Å². The van der Waals surface area contributed by atoms with Gasteiger partial charge in [-0.2, -0.15) is 0 Å². The minimum Gasteiger partial charge on any atom is -1.00 e. The fourth-order valence-corrected chi connectivity index (χ4v) is 0.859. The maximum absolute atomic E-state index is 9.98. The number of carbonyl (C=O) groups is 3. The molecule has 0 N–H and O–H groups in total. The molecule has 168 valence electrons. The molecule has 0 aromatic carbocycles. The fourth-order valence-electron chi connectivity index (χ4n) is 0.859. The smallest absolute Gasteiger partial charge is 1.00 e. The number of hydrogen-bond donors (Lipinski definition) is 0. The summed E-state index contributed by atoms with van der Waals surface area (Å²) in [5.41, 5.74) is 0. The van der Waals surface area contributed by atoms with Crippen LogP contribution in [-0.2, 0) is 14.4 Å². The van der Waals surface area contributed by atoms with E-state index in [1.54, 1.807) is 0 Å². The van der Waals surface area contributed by atoms with E-state index in [1.807, 2.05) is 0 Å². The molecule has 0 heterocycles. The Labute approximate surface area is 181 Å². The van der Waals surface area contributed by atoms with Crippen LogP contribution >= 0.6 is 0 Å². The third-order valence-electron chi connectivity index (χ3n) is 1.22. The van der Waals surface area contributed by atoms with Gasteiger partial charge in [0.25, 0.3) is 0 Å². The van der Waals surface area contributed by atoms with Gasteiger partial charge in [-0.3, -0.25) is 14.4 Å². The van der Waals surface area contributed by atoms with Gasteiger partial charge in [0.2, 0.25) is 0 Å². The maximum atomic E-state index is 9.98. The largest absolute Gasteiger partial charge is 5.00 e. The van der Waals surface area contributed by atoms with Crippen molar-refractivity contribution in [2.24, 2.45) is 0 Å². The number of rotatable bonds is 3. The summed E-state index contributed by atoms with van der Waals surface area (Å²) in [7, 11) is 0. The quantitative estimate of drug-likeness (QED) is 0.160. The van der Waals surface area contributed by atoms with Crippen molar-refractivity contribution < 1.29 is 57.9 Å². The van der Waals surface area contributed by atoms with Crippen LogP contribution in [-0.4, -0.2) is 46.3 Å². The van der Waals surface area contributed by atoms with Crippen LogP contribution in [0.15, 0.2) is 35.5 Å². The third kappa shape index (κ3) is 150. The van der Waals surface area contributed by atoms with Gasteiger partial charge in [0, 0.05) is 0 Å². The van der Waals surface area contributed by atoms with Crippen LogP contribution in [0.25, 0.3) is 0 Å². The molecule has 0 aliphatic carbocycles. The van der Waals surface area contributed by atoms with E-state index in [9.17, 15) is 29.7 Å². The summed E-state index contributed by atoms with van der Waals surface area (Å²) >= 11 is 0. The zero-order valence-corrected chi connectivity index (χ0v) is 19.3. The topological polar surface area (TPSA) is 120 Å². The van der Waals surface area contributed by atoms with Crippen LogP contribution in [0.5, 0.6) is 0 Å². The molecule has 0 rings (SSSR count). The van der Waals surface area contributed by atoms with Crippen LogP contribution in [0, 0.1) is 0 Å². The number of halogens is 6. The van der Waals surface area contributed by atoms with Crippen LogP contribution in [0.3, 0.4) is 0 Å². The average Bonchev–Trinajstić information content (AvgIpc) is 2.10. The first-order chi connectivity index (χ1) is 9.38. The van der Waals surface area contributed by atoms with Crippen molar-refractivity contribution in [2.75, 3.05) is 0 Å². The van der Waals surface area contributed by atoms with Gasteiger partial charge in [-0.15, -0.1) is 17.3 Å². The molecule has 0 aliphatic heterocycles. The van der Waals surface area contributed by atoms with Gasteiger partial charge in [0.15, 0.2) is 17.3 Å². The Morgan fingerprint density at radius 3 is 0.586 bits per heavy atom. The second-order valence-corrected chi connectivity index (χ2v) is 4.10. The molecule has 0 radical (unpaired) electrons. The predicted octanol–water partition coefficient (Wildman–Crippen LogP) is -19.2. The minimum absolute atomic E-state index is 0. The summed E-state index contributed by atoms with van der Waals surface area (Å²) < 4.78 is 0. The Morgan fingerprint density at radius 1 is 0.483 bits per heavy atom. The monoisotopic (exact) mass is 514 g/mol. The first kappa shape index (κ1) is 71.3. The minimum atomic E-state index is -0.187. The van der Waals surface area contributed by atoms with Crippen LogP contribution in [0.4, 0.5) is 0 Å².